The number of amides is 2. The second kappa shape index (κ2) is 10.8. The Balaban J connectivity index is 1.58. The van der Waals surface area contributed by atoms with E-state index in [4.69, 9.17) is 9.47 Å². The summed E-state index contributed by atoms with van der Waals surface area (Å²) in [7, 11) is 0. The lowest BCUT2D eigenvalue weighted by Gasteiger charge is -2.28. The summed E-state index contributed by atoms with van der Waals surface area (Å²) < 4.78 is 11.1. The number of imide groups is 1. The molecule has 2 aliphatic heterocycles. The van der Waals surface area contributed by atoms with Crippen LogP contribution in [0.15, 0.2) is 64.4 Å². The summed E-state index contributed by atoms with van der Waals surface area (Å²) in [5.74, 6) is 0.303. The van der Waals surface area contributed by atoms with E-state index >= 15 is 0 Å². The van der Waals surface area contributed by atoms with Gasteiger partial charge in [-0.15, -0.1) is 0 Å². The van der Waals surface area contributed by atoms with Crippen LogP contribution in [0.25, 0.3) is 5.57 Å². The highest BCUT2D eigenvalue weighted by Crippen LogP contribution is 2.39. The minimum atomic E-state index is -0.232. The van der Waals surface area contributed by atoms with Crippen LogP contribution in [0, 0.1) is 0 Å². The Morgan fingerprint density at radius 2 is 1.66 bits per heavy atom. The van der Waals surface area contributed by atoms with E-state index < -0.39 is 0 Å². The number of hydrogen-bond acceptors (Lipinski definition) is 6. The summed E-state index contributed by atoms with van der Waals surface area (Å²) in [6.07, 6.45) is 0.926. The molecule has 4 rings (SSSR count). The largest absolute Gasteiger partial charge is 0.494 e. The third-order valence-corrected chi connectivity index (χ3v) is 6.54. The minimum Gasteiger partial charge on any atom is -0.494 e. The smallest absolute Gasteiger partial charge is 0.268 e. The van der Waals surface area contributed by atoms with Crippen LogP contribution >= 0.6 is 11.8 Å². The Labute approximate surface area is 193 Å². The molecular formula is C25H28N2O4S. The molecule has 168 valence electrons. The highest BCUT2D eigenvalue weighted by atomic mass is 32.2. The molecule has 1 saturated heterocycles. The summed E-state index contributed by atoms with van der Waals surface area (Å²) >= 11 is 1.35. The molecule has 7 heteroatoms. The zero-order valence-electron chi connectivity index (χ0n) is 18.3. The third-order valence-electron chi connectivity index (χ3n) is 5.45. The fourth-order valence-electron chi connectivity index (χ4n) is 3.72. The van der Waals surface area contributed by atoms with Crippen LogP contribution in [0.1, 0.15) is 18.9 Å². The van der Waals surface area contributed by atoms with Crippen LogP contribution in [-0.2, 0) is 14.3 Å². The number of carbonyl (C=O) groups excluding carboxylic acids is 2. The number of ether oxygens (including phenoxy) is 2. The Bertz CT molecular complexity index is 969. The molecule has 2 aromatic carbocycles. The molecule has 2 aromatic rings. The van der Waals surface area contributed by atoms with Gasteiger partial charge in [0.25, 0.3) is 11.8 Å². The van der Waals surface area contributed by atoms with Gasteiger partial charge in [0, 0.05) is 31.1 Å². The van der Waals surface area contributed by atoms with Gasteiger partial charge in [0.2, 0.25) is 0 Å². The predicted octanol–water partition coefficient (Wildman–Crippen LogP) is 3.68. The molecule has 0 N–H and O–H groups in total. The van der Waals surface area contributed by atoms with Crippen molar-refractivity contribution in [2.24, 2.45) is 0 Å². The topological polar surface area (TPSA) is 59.1 Å². The number of thioether (sulfide) groups is 1. The Hall–Kier alpha value is -2.61. The zero-order valence-corrected chi connectivity index (χ0v) is 19.1. The average Bonchev–Trinajstić information content (AvgIpc) is 3.07. The van der Waals surface area contributed by atoms with Gasteiger partial charge in [-0.1, -0.05) is 49.0 Å². The van der Waals surface area contributed by atoms with E-state index in [0.717, 1.165) is 35.7 Å². The van der Waals surface area contributed by atoms with Crippen molar-refractivity contribution in [1.82, 2.24) is 9.80 Å². The lowest BCUT2D eigenvalue weighted by molar-refractivity contribution is -0.136. The van der Waals surface area contributed by atoms with Gasteiger partial charge < -0.3 is 9.47 Å². The molecule has 0 radical (unpaired) electrons. The molecule has 1 fully saturated rings. The molecular weight excluding hydrogens is 424 g/mol. The Kier molecular flexibility index (Phi) is 7.63. The number of benzene rings is 2. The van der Waals surface area contributed by atoms with E-state index in [0.29, 0.717) is 43.4 Å². The maximum atomic E-state index is 13.4. The highest BCUT2D eigenvalue weighted by Gasteiger charge is 2.39. The molecule has 0 saturated carbocycles. The average molecular weight is 453 g/mol. The van der Waals surface area contributed by atoms with Crippen molar-refractivity contribution in [2.75, 3.05) is 46.0 Å². The molecule has 0 unspecified atom stereocenters. The normalized spacial score (nSPS) is 17.3. The summed E-state index contributed by atoms with van der Waals surface area (Å²) in [6.45, 7) is 6.74. The van der Waals surface area contributed by atoms with Gasteiger partial charge in [-0.3, -0.25) is 19.4 Å². The summed E-state index contributed by atoms with van der Waals surface area (Å²) in [4.78, 5) is 31.8. The van der Waals surface area contributed by atoms with E-state index in [1.807, 2.05) is 54.6 Å². The summed E-state index contributed by atoms with van der Waals surface area (Å²) in [5, 5.41) is 0. The monoisotopic (exact) mass is 452 g/mol. The first-order chi connectivity index (χ1) is 15.7. The fraction of sp³-hybridized carbons (Fsp3) is 0.360. The van der Waals surface area contributed by atoms with Crippen molar-refractivity contribution in [2.45, 2.75) is 18.2 Å². The molecule has 0 spiro atoms. The van der Waals surface area contributed by atoms with E-state index in [1.165, 1.54) is 16.7 Å². The first-order valence-corrected chi connectivity index (χ1v) is 11.9. The highest BCUT2D eigenvalue weighted by molar-refractivity contribution is 8.04. The lowest BCUT2D eigenvalue weighted by Crippen LogP contribution is -2.43. The zero-order chi connectivity index (χ0) is 22.3. The van der Waals surface area contributed by atoms with Crippen LogP contribution in [-0.4, -0.2) is 67.6 Å². The fourth-order valence-corrected chi connectivity index (χ4v) is 4.75. The maximum absolute atomic E-state index is 13.4. The van der Waals surface area contributed by atoms with E-state index in [2.05, 4.69) is 11.8 Å². The number of morpholine rings is 1. The van der Waals surface area contributed by atoms with E-state index in [9.17, 15) is 9.59 Å². The van der Waals surface area contributed by atoms with Crippen molar-refractivity contribution in [3.8, 4) is 5.75 Å². The third kappa shape index (κ3) is 5.23. The molecule has 0 bridgehead atoms. The van der Waals surface area contributed by atoms with Crippen molar-refractivity contribution in [3.05, 3.63) is 65.1 Å². The number of nitrogens with zero attached hydrogens (tertiary/aromatic N) is 2. The van der Waals surface area contributed by atoms with Gasteiger partial charge in [-0.25, -0.2) is 0 Å². The van der Waals surface area contributed by atoms with Crippen LogP contribution in [0.3, 0.4) is 0 Å². The van der Waals surface area contributed by atoms with Crippen LogP contribution in [0.2, 0.25) is 0 Å². The van der Waals surface area contributed by atoms with Crippen molar-refractivity contribution < 1.29 is 19.1 Å². The predicted molar refractivity (Wildman–Crippen MR) is 125 cm³/mol. The van der Waals surface area contributed by atoms with Gasteiger partial charge in [-0.2, -0.15) is 0 Å². The molecule has 0 aromatic heterocycles. The quantitative estimate of drug-likeness (QED) is 0.541. The molecule has 32 heavy (non-hydrogen) atoms. The molecule has 6 nitrogen and oxygen atoms in total. The first kappa shape index (κ1) is 22.6. The minimum absolute atomic E-state index is 0.224. The Morgan fingerprint density at radius 3 is 2.34 bits per heavy atom. The lowest BCUT2D eigenvalue weighted by atomic mass is 10.1. The van der Waals surface area contributed by atoms with Gasteiger partial charge in [0.05, 0.1) is 30.3 Å². The van der Waals surface area contributed by atoms with Gasteiger partial charge >= 0.3 is 0 Å². The Morgan fingerprint density at radius 1 is 0.938 bits per heavy atom. The standard InChI is InChI=1S/C25H28N2O4S/c1-2-16-31-20-10-8-19(9-11-20)22-23(32-21-6-4-3-5-7-21)25(29)27(24(22)28)13-12-26-14-17-30-18-15-26/h3-11H,2,12-18H2,1H3. The van der Waals surface area contributed by atoms with Gasteiger partial charge in [-0.05, 0) is 36.2 Å². The molecule has 2 amide bonds. The van der Waals surface area contributed by atoms with Crippen LogP contribution in [0.4, 0.5) is 0 Å². The summed E-state index contributed by atoms with van der Waals surface area (Å²) in [6, 6.07) is 17.1. The van der Waals surface area contributed by atoms with E-state index in [1.54, 1.807) is 0 Å². The number of carbonyl (C=O) groups is 2. The molecule has 2 aliphatic rings. The molecule has 0 aliphatic carbocycles. The maximum Gasteiger partial charge on any atom is 0.268 e. The summed E-state index contributed by atoms with van der Waals surface area (Å²) in [5.41, 5.74) is 1.20. The van der Waals surface area contributed by atoms with Crippen LogP contribution < -0.4 is 4.74 Å². The van der Waals surface area contributed by atoms with E-state index in [-0.39, 0.29) is 11.8 Å². The van der Waals surface area contributed by atoms with Gasteiger partial charge in [0.1, 0.15) is 5.75 Å². The van der Waals surface area contributed by atoms with Crippen LogP contribution in [0.5, 0.6) is 5.75 Å². The molecule has 0 atom stereocenters. The number of rotatable bonds is 9. The van der Waals surface area contributed by atoms with Crippen molar-refractivity contribution in [1.29, 1.82) is 0 Å². The second-order valence-corrected chi connectivity index (χ2v) is 8.79. The molecule has 2 heterocycles. The van der Waals surface area contributed by atoms with Crippen molar-refractivity contribution >= 4 is 29.1 Å². The second-order valence-electron chi connectivity index (χ2n) is 7.71. The number of hydrogen-bond donors (Lipinski definition) is 0. The first-order valence-electron chi connectivity index (χ1n) is 11.0. The van der Waals surface area contributed by atoms with Gasteiger partial charge in [0.15, 0.2) is 0 Å². The van der Waals surface area contributed by atoms with Crippen molar-refractivity contribution in [3.63, 3.8) is 0 Å². The SMILES string of the molecule is CCCOc1ccc(C2=C(Sc3ccccc3)C(=O)N(CCN3CCOCC3)C2=O)cc1.